The molecule has 0 amide bonds. The van der Waals surface area contributed by atoms with Crippen LogP contribution >= 0.6 is 0 Å². The number of anilines is 1. The van der Waals surface area contributed by atoms with Crippen molar-refractivity contribution in [3.8, 4) is 0 Å². The molecule has 1 unspecified atom stereocenters. The fraction of sp³-hybridized carbons (Fsp3) is 0.474. The van der Waals surface area contributed by atoms with Gasteiger partial charge in [-0.2, -0.15) is 0 Å². The van der Waals surface area contributed by atoms with Crippen molar-refractivity contribution in [2.75, 3.05) is 25.1 Å². The van der Waals surface area contributed by atoms with Gasteiger partial charge in [0.2, 0.25) is 0 Å². The van der Waals surface area contributed by atoms with E-state index in [1.807, 2.05) is 32.0 Å². The summed E-state index contributed by atoms with van der Waals surface area (Å²) >= 11 is 0. The van der Waals surface area contributed by atoms with E-state index in [9.17, 15) is 4.79 Å². The van der Waals surface area contributed by atoms with E-state index in [0.29, 0.717) is 0 Å². The molecular formula is C19H24N2O2. The van der Waals surface area contributed by atoms with Gasteiger partial charge in [0.25, 0.3) is 0 Å². The average Bonchev–Trinajstić information content (AvgIpc) is 2.60. The van der Waals surface area contributed by atoms with Gasteiger partial charge >= 0.3 is 5.97 Å². The number of nitrogens with zero attached hydrogens (tertiary/aromatic N) is 2. The summed E-state index contributed by atoms with van der Waals surface area (Å²) < 4.78 is 4.99. The van der Waals surface area contributed by atoms with Gasteiger partial charge in [-0.05, 0) is 50.8 Å². The quantitative estimate of drug-likeness (QED) is 0.811. The molecule has 2 heterocycles. The Kier molecular flexibility index (Phi) is 4.24. The Morgan fingerprint density at radius 3 is 2.83 bits per heavy atom. The summed E-state index contributed by atoms with van der Waals surface area (Å²) in [5, 5.41) is 1.15. The van der Waals surface area contributed by atoms with E-state index in [1.165, 1.54) is 7.11 Å². The number of carbonyl (C=O) groups excluding carboxylic acids is 1. The van der Waals surface area contributed by atoms with Crippen molar-refractivity contribution in [2.24, 2.45) is 11.3 Å². The van der Waals surface area contributed by atoms with E-state index >= 15 is 0 Å². The molecule has 3 rings (SSSR count). The zero-order valence-corrected chi connectivity index (χ0v) is 14.1. The van der Waals surface area contributed by atoms with Crippen LogP contribution in [-0.4, -0.2) is 31.2 Å². The van der Waals surface area contributed by atoms with Crippen LogP contribution in [0.3, 0.4) is 0 Å². The second-order valence-corrected chi connectivity index (χ2v) is 6.86. The molecule has 0 aliphatic carbocycles. The average molecular weight is 312 g/mol. The number of para-hydroxylation sites is 1. The van der Waals surface area contributed by atoms with E-state index in [2.05, 4.69) is 23.1 Å². The highest BCUT2D eigenvalue weighted by Crippen LogP contribution is 2.36. The number of fused-ring (bicyclic) bond motifs is 1. The molecule has 4 heteroatoms. The number of esters is 1. The summed E-state index contributed by atoms with van der Waals surface area (Å²) in [6, 6.07) is 12.4. The second kappa shape index (κ2) is 6.19. The molecule has 1 aliphatic rings. The largest absolute Gasteiger partial charge is 0.469 e. The van der Waals surface area contributed by atoms with Crippen molar-refractivity contribution in [3.63, 3.8) is 0 Å². The molecule has 122 valence electrons. The smallest absolute Gasteiger partial charge is 0.311 e. The van der Waals surface area contributed by atoms with Gasteiger partial charge in [-0.1, -0.05) is 18.2 Å². The minimum atomic E-state index is -0.468. The van der Waals surface area contributed by atoms with Gasteiger partial charge < -0.3 is 9.64 Å². The van der Waals surface area contributed by atoms with Gasteiger partial charge in [0, 0.05) is 18.5 Å². The van der Waals surface area contributed by atoms with Gasteiger partial charge in [-0.15, -0.1) is 0 Å². The molecule has 1 aromatic heterocycles. The van der Waals surface area contributed by atoms with E-state index < -0.39 is 5.41 Å². The van der Waals surface area contributed by atoms with Crippen molar-refractivity contribution in [2.45, 2.75) is 26.7 Å². The Bertz CT molecular complexity index is 711. The molecule has 0 radical (unpaired) electrons. The lowest BCUT2D eigenvalue weighted by molar-refractivity contribution is -0.154. The minimum Gasteiger partial charge on any atom is -0.469 e. The van der Waals surface area contributed by atoms with Gasteiger partial charge in [0.05, 0.1) is 18.0 Å². The lowest BCUT2D eigenvalue weighted by Gasteiger charge is -2.40. The third-order valence-electron chi connectivity index (χ3n) is 5.06. The highest BCUT2D eigenvalue weighted by molar-refractivity contribution is 5.80. The maximum absolute atomic E-state index is 12.1. The van der Waals surface area contributed by atoms with Crippen LogP contribution in [0, 0.1) is 11.3 Å². The maximum Gasteiger partial charge on any atom is 0.311 e. The number of hydrogen-bond acceptors (Lipinski definition) is 4. The normalized spacial score (nSPS) is 18.9. The summed E-state index contributed by atoms with van der Waals surface area (Å²) in [6.45, 7) is 5.80. The monoisotopic (exact) mass is 312 g/mol. The molecule has 0 bridgehead atoms. The number of aromatic nitrogens is 1. The zero-order valence-electron chi connectivity index (χ0n) is 14.1. The fourth-order valence-corrected chi connectivity index (χ4v) is 3.44. The third-order valence-corrected chi connectivity index (χ3v) is 5.06. The van der Waals surface area contributed by atoms with Gasteiger partial charge in [0.15, 0.2) is 0 Å². The third kappa shape index (κ3) is 3.03. The Morgan fingerprint density at radius 1 is 1.26 bits per heavy atom. The lowest BCUT2D eigenvalue weighted by Crippen LogP contribution is -2.45. The van der Waals surface area contributed by atoms with Crippen LogP contribution in [0.5, 0.6) is 0 Å². The first-order chi connectivity index (χ1) is 11.0. The number of pyridine rings is 1. The Labute approximate surface area is 137 Å². The summed E-state index contributed by atoms with van der Waals surface area (Å²) in [5.74, 6) is 1.14. The maximum atomic E-state index is 12.1. The Hall–Kier alpha value is -2.10. The second-order valence-electron chi connectivity index (χ2n) is 6.86. The zero-order chi connectivity index (χ0) is 16.4. The first kappa shape index (κ1) is 15.8. The summed E-state index contributed by atoms with van der Waals surface area (Å²) in [7, 11) is 1.47. The predicted octanol–water partition coefficient (Wildman–Crippen LogP) is 3.65. The number of benzene rings is 1. The highest BCUT2D eigenvalue weighted by atomic mass is 16.5. The number of ether oxygens (including phenoxy) is 1. The van der Waals surface area contributed by atoms with Crippen LogP contribution in [0.1, 0.15) is 26.7 Å². The molecule has 23 heavy (non-hydrogen) atoms. The number of methoxy groups -OCH3 is 1. The summed E-state index contributed by atoms with van der Waals surface area (Å²) in [5.41, 5.74) is 0.545. The topological polar surface area (TPSA) is 42.4 Å². The molecule has 2 aromatic rings. The SMILES string of the molecule is COC(=O)C(C)(C)C1CCCN(c2ccc3ccccc3n2)C1. The highest BCUT2D eigenvalue weighted by Gasteiger charge is 2.40. The van der Waals surface area contributed by atoms with E-state index in [-0.39, 0.29) is 11.9 Å². The molecule has 0 saturated carbocycles. The molecule has 1 aliphatic heterocycles. The molecule has 1 fully saturated rings. The van der Waals surface area contributed by atoms with Crippen molar-refractivity contribution in [3.05, 3.63) is 36.4 Å². The Morgan fingerprint density at radius 2 is 2.04 bits per heavy atom. The summed E-state index contributed by atoms with van der Waals surface area (Å²) in [6.07, 6.45) is 2.12. The number of hydrogen-bond donors (Lipinski definition) is 0. The van der Waals surface area contributed by atoms with Crippen LogP contribution in [0.15, 0.2) is 36.4 Å². The molecule has 0 N–H and O–H groups in total. The van der Waals surface area contributed by atoms with Crippen LogP contribution in [0.4, 0.5) is 5.82 Å². The first-order valence-electron chi connectivity index (χ1n) is 8.21. The molecule has 4 nitrogen and oxygen atoms in total. The van der Waals surface area contributed by atoms with E-state index in [0.717, 1.165) is 42.7 Å². The molecule has 0 spiro atoms. The van der Waals surface area contributed by atoms with Crippen LogP contribution in [0.2, 0.25) is 0 Å². The van der Waals surface area contributed by atoms with Crippen LogP contribution < -0.4 is 4.90 Å². The predicted molar refractivity (Wildman–Crippen MR) is 92.5 cm³/mol. The van der Waals surface area contributed by atoms with Crippen LogP contribution in [0.25, 0.3) is 10.9 Å². The number of rotatable bonds is 3. The minimum absolute atomic E-state index is 0.129. The first-order valence-corrected chi connectivity index (χ1v) is 8.21. The van der Waals surface area contributed by atoms with E-state index in [1.54, 1.807) is 0 Å². The number of carbonyl (C=O) groups is 1. The molecule has 1 saturated heterocycles. The Balaban J connectivity index is 1.83. The molecular weight excluding hydrogens is 288 g/mol. The summed E-state index contributed by atoms with van der Waals surface area (Å²) in [4.78, 5) is 19.2. The van der Waals surface area contributed by atoms with Gasteiger partial charge in [-0.3, -0.25) is 4.79 Å². The van der Waals surface area contributed by atoms with Gasteiger partial charge in [0.1, 0.15) is 5.82 Å². The molecule has 1 aromatic carbocycles. The van der Waals surface area contributed by atoms with E-state index in [4.69, 9.17) is 9.72 Å². The van der Waals surface area contributed by atoms with Crippen molar-refractivity contribution < 1.29 is 9.53 Å². The van der Waals surface area contributed by atoms with Crippen molar-refractivity contribution >= 4 is 22.7 Å². The van der Waals surface area contributed by atoms with Crippen molar-refractivity contribution in [1.29, 1.82) is 0 Å². The number of piperidine rings is 1. The molecule has 1 atom stereocenters. The van der Waals surface area contributed by atoms with Gasteiger partial charge in [-0.25, -0.2) is 4.98 Å². The standard InChI is InChI=1S/C19H24N2O2/c1-19(2,18(22)23-3)15-8-6-12-21(13-15)17-11-10-14-7-4-5-9-16(14)20-17/h4-5,7,9-11,15H,6,8,12-13H2,1-3H3. The lowest BCUT2D eigenvalue weighted by atomic mass is 9.74. The fourth-order valence-electron chi connectivity index (χ4n) is 3.44. The van der Waals surface area contributed by atoms with Crippen LogP contribution in [-0.2, 0) is 9.53 Å². The van der Waals surface area contributed by atoms with Crippen molar-refractivity contribution in [1.82, 2.24) is 4.98 Å².